The lowest BCUT2D eigenvalue weighted by Crippen LogP contribution is -2.28. The van der Waals surface area contributed by atoms with E-state index >= 15 is 0 Å². The lowest BCUT2D eigenvalue weighted by molar-refractivity contribution is 0.554. The normalized spacial score (nSPS) is 12.5. The smallest absolute Gasteiger partial charge is 0.0352 e. The van der Waals surface area contributed by atoms with Gasteiger partial charge in [-0.15, -0.1) is 0 Å². The fourth-order valence-electron chi connectivity index (χ4n) is 2.16. The number of nitrogens with zero attached hydrogens (tertiary/aromatic N) is 1. The van der Waals surface area contributed by atoms with Gasteiger partial charge >= 0.3 is 0 Å². The summed E-state index contributed by atoms with van der Waals surface area (Å²) < 4.78 is 0. The van der Waals surface area contributed by atoms with E-state index in [4.69, 9.17) is 5.73 Å². The van der Waals surface area contributed by atoms with Crippen LogP contribution in [0.15, 0.2) is 48.8 Å². The molecule has 2 aromatic rings. The highest BCUT2D eigenvalue weighted by Crippen LogP contribution is 2.24. The molecular weight excluding hydrogens is 244 g/mol. The number of hydrogen-bond acceptors (Lipinski definition) is 2. The molecule has 2 heteroatoms. The molecule has 1 aromatic carbocycles. The Morgan fingerprint density at radius 3 is 2.20 bits per heavy atom. The van der Waals surface area contributed by atoms with Crippen molar-refractivity contribution in [3.05, 3.63) is 65.5 Å². The summed E-state index contributed by atoms with van der Waals surface area (Å²) in [4.78, 5) is 4.05. The SMILES string of the molecule is CC/C(=C/c1ccncc1)c1ccc(C(C)(C)N)cc1. The van der Waals surface area contributed by atoms with E-state index in [1.165, 1.54) is 16.7 Å². The van der Waals surface area contributed by atoms with Crippen molar-refractivity contribution >= 4 is 11.6 Å². The van der Waals surface area contributed by atoms with Crippen LogP contribution in [0.3, 0.4) is 0 Å². The zero-order chi connectivity index (χ0) is 14.6. The van der Waals surface area contributed by atoms with Crippen LogP contribution in [0.5, 0.6) is 0 Å². The van der Waals surface area contributed by atoms with Crippen molar-refractivity contribution in [2.45, 2.75) is 32.7 Å². The number of hydrogen-bond donors (Lipinski definition) is 1. The van der Waals surface area contributed by atoms with Crippen LogP contribution in [0.25, 0.3) is 11.6 Å². The fraction of sp³-hybridized carbons (Fsp3) is 0.278. The molecule has 2 N–H and O–H groups in total. The minimum absolute atomic E-state index is 0.292. The topological polar surface area (TPSA) is 38.9 Å². The first-order valence-electron chi connectivity index (χ1n) is 7.01. The molecule has 0 atom stereocenters. The molecule has 2 nitrogen and oxygen atoms in total. The van der Waals surface area contributed by atoms with E-state index in [0.717, 1.165) is 12.0 Å². The predicted octanol–water partition coefficient (Wildman–Crippen LogP) is 4.23. The van der Waals surface area contributed by atoms with Crippen LogP contribution >= 0.6 is 0 Å². The number of nitrogens with two attached hydrogens (primary N) is 1. The molecule has 1 aromatic heterocycles. The average molecular weight is 266 g/mol. The van der Waals surface area contributed by atoms with Gasteiger partial charge in [-0.3, -0.25) is 4.98 Å². The first kappa shape index (κ1) is 14.5. The largest absolute Gasteiger partial charge is 0.322 e. The summed E-state index contributed by atoms with van der Waals surface area (Å²) in [7, 11) is 0. The van der Waals surface area contributed by atoms with Crippen molar-refractivity contribution in [3.8, 4) is 0 Å². The van der Waals surface area contributed by atoms with E-state index in [-0.39, 0.29) is 5.54 Å². The highest BCUT2D eigenvalue weighted by Gasteiger charge is 2.13. The molecule has 0 saturated carbocycles. The third-order valence-electron chi connectivity index (χ3n) is 3.43. The lowest BCUT2D eigenvalue weighted by atomic mass is 9.92. The molecule has 0 bridgehead atoms. The molecule has 1 heterocycles. The van der Waals surface area contributed by atoms with Crippen LogP contribution in [-0.4, -0.2) is 4.98 Å². The number of benzene rings is 1. The summed E-state index contributed by atoms with van der Waals surface area (Å²) in [6.07, 6.45) is 6.84. The maximum Gasteiger partial charge on any atom is 0.0352 e. The van der Waals surface area contributed by atoms with Crippen molar-refractivity contribution in [2.24, 2.45) is 5.73 Å². The molecule has 0 aliphatic heterocycles. The van der Waals surface area contributed by atoms with Gasteiger partial charge in [-0.25, -0.2) is 0 Å². The molecule has 0 aliphatic carbocycles. The van der Waals surface area contributed by atoms with Gasteiger partial charge in [0.25, 0.3) is 0 Å². The molecule has 0 unspecified atom stereocenters. The Kier molecular flexibility index (Phi) is 4.35. The Labute approximate surface area is 121 Å². The standard InChI is InChI=1S/C18H22N2/c1-4-15(13-14-9-11-20-12-10-14)16-5-7-17(8-6-16)18(2,3)19/h5-13H,4,19H2,1-3H3/b15-13-. The van der Waals surface area contributed by atoms with Gasteiger partial charge in [0.1, 0.15) is 0 Å². The minimum atomic E-state index is -0.292. The molecule has 0 saturated heterocycles. The summed E-state index contributed by atoms with van der Waals surface area (Å²) in [6.45, 7) is 6.22. The van der Waals surface area contributed by atoms with E-state index < -0.39 is 0 Å². The predicted molar refractivity (Wildman–Crippen MR) is 86.1 cm³/mol. The van der Waals surface area contributed by atoms with Crippen molar-refractivity contribution in [3.63, 3.8) is 0 Å². The first-order chi connectivity index (χ1) is 9.50. The summed E-state index contributed by atoms with van der Waals surface area (Å²) in [5.41, 5.74) is 10.7. The summed E-state index contributed by atoms with van der Waals surface area (Å²) >= 11 is 0. The van der Waals surface area contributed by atoms with Crippen LogP contribution in [0.4, 0.5) is 0 Å². The van der Waals surface area contributed by atoms with E-state index in [1.807, 2.05) is 38.4 Å². The zero-order valence-electron chi connectivity index (χ0n) is 12.4. The van der Waals surface area contributed by atoms with Gasteiger partial charge in [-0.05, 0) is 54.7 Å². The van der Waals surface area contributed by atoms with Gasteiger partial charge in [0.15, 0.2) is 0 Å². The third-order valence-corrected chi connectivity index (χ3v) is 3.43. The van der Waals surface area contributed by atoms with Crippen molar-refractivity contribution in [1.29, 1.82) is 0 Å². The Hall–Kier alpha value is -1.93. The molecule has 20 heavy (non-hydrogen) atoms. The van der Waals surface area contributed by atoms with Crippen molar-refractivity contribution in [1.82, 2.24) is 4.98 Å². The molecule has 0 aliphatic rings. The monoisotopic (exact) mass is 266 g/mol. The van der Waals surface area contributed by atoms with E-state index in [9.17, 15) is 0 Å². The maximum atomic E-state index is 6.12. The minimum Gasteiger partial charge on any atom is -0.322 e. The van der Waals surface area contributed by atoms with Gasteiger partial charge in [0, 0.05) is 17.9 Å². The molecule has 0 fully saturated rings. The molecular formula is C18H22N2. The zero-order valence-corrected chi connectivity index (χ0v) is 12.4. The molecule has 0 spiro atoms. The van der Waals surface area contributed by atoms with Gasteiger partial charge in [-0.2, -0.15) is 0 Å². The Bertz CT molecular complexity index is 575. The van der Waals surface area contributed by atoms with Crippen LogP contribution in [0, 0.1) is 0 Å². The molecule has 104 valence electrons. The first-order valence-corrected chi connectivity index (χ1v) is 7.01. The van der Waals surface area contributed by atoms with Crippen LogP contribution in [-0.2, 0) is 5.54 Å². The average Bonchev–Trinajstić information content (AvgIpc) is 2.45. The highest BCUT2D eigenvalue weighted by atomic mass is 14.7. The van der Waals surface area contributed by atoms with Gasteiger partial charge in [0.05, 0.1) is 0 Å². The maximum absolute atomic E-state index is 6.12. The number of aromatic nitrogens is 1. The molecule has 2 rings (SSSR count). The number of rotatable bonds is 4. The van der Waals surface area contributed by atoms with E-state index in [1.54, 1.807) is 0 Å². The second-order valence-electron chi connectivity index (χ2n) is 5.60. The number of pyridine rings is 1. The molecule has 0 amide bonds. The van der Waals surface area contributed by atoms with E-state index in [0.29, 0.717) is 0 Å². The summed E-state index contributed by atoms with van der Waals surface area (Å²) in [6, 6.07) is 12.6. The van der Waals surface area contributed by atoms with Gasteiger partial charge in [0.2, 0.25) is 0 Å². The Morgan fingerprint density at radius 2 is 1.70 bits per heavy atom. The van der Waals surface area contributed by atoms with E-state index in [2.05, 4.69) is 42.2 Å². The lowest BCUT2D eigenvalue weighted by Gasteiger charge is -2.19. The van der Waals surface area contributed by atoms with Gasteiger partial charge < -0.3 is 5.73 Å². The fourth-order valence-corrected chi connectivity index (χ4v) is 2.16. The highest BCUT2D eigenvalue weighted by molar-refractivity contribution is 5.81. The quantitative estimate of drug-likeness (QED) is 0.899. The van der Waals surface area contributed by atoms with Crippen molar-refractivity contribution in [2.75, 3.05) is 0 Å². The third kappa shape index (κ3) is 3.55. The van der Waals surface area contributed by atoms with Crippen LogP contribution in [0.2, 0.25) is 0 Å². The summed E-state index contributed by atoms with van der Waals surface area (Å²) in [5.74, 6) is 0. The van der Waals surface area contributed by atoms with Gasteiger partial charge in [-0.1, -0.05) is 37.3 Å². The molecule has 0 radical (unpaired) electrons. The number of allylic oxidation sites excluding steroid dienone is 1. The van der Waals surface area contributed by atoms with Crippen LogP contribution in [0.1, 0.15) is 43.9 Å². The Morgan fingerprint density at radius 1 is 1.10 bits per heavy atom. The van der Waals surface area contributed by atoms with Crippen molar-refractivity contribution < 1.29 is 0 Å². The second kappa shape index (κ2) is 6.02. The Balaban J connectivity index is 2.31. The van der Waals surface area contributed by atoms with Crippen LogP contribution < -0.4 is 5.73 Å². The second-order valence-corrected chi connectivity index (χ2v) is 5.60. The summed E-state index contributed by atoms with van der Waals surface area (Å²) in [5, 5.41) is 0.